The Balaban J connectivity index is 2.10. The molecule has 1 aromatic rings. The molecule has 0 bridgehead atoms. The lowest BCUT2D eigenvalue weighted by molar-refractivity contribution is -0.130. The summed E-state index contributed by atoms with van der Waals surface area (Å²) in [6, 6.07) is 5.10. The topological polar surface area (TPSA) is 75.6 Å². The fraction of sp³-hybridized carbons (Fsp3) is 0.600. The average molecular weight is 367 g/mol. The van der Waals surface area contributed by atoms with Gasteiger partial charge in [0.2, 0.25) is 10.0 Å². The van der Waals surface area contributed by atoms with E-state index >= 15 is 0 Å². The number of fused-ring (bicyclic) bond motifs is 1. The number of ether oxygens (including phenoxy) is 1. The minimum absolute atomic E-state index is 0.327. The van der Waals surface area contributed by atoms with Gasteiger partial charge in [0.05, 0.1) is 19.3 Å². The van der Waals surface area contributed by atoms with E-state index in [1.165, 1.54) is 7.11 Å². The second-order valence-corrected chi connectivity index (χ2v) is 7.84. The number of nitrogens with one attached hydrogen (secondary N) is 1. The van der Waals surface area contributed by atoms with Crippen LogP contribution >= 0.6 is 0 Å². The van der Waals surface area contributed by atoms with Gasteiger partial charge in [-0.25, -0.2) is 13.1 Å². The van der Waals surface area contributed by atoms with Gasteiger partial charge in [-0.1, -0.05) is 6.07 Å². The zero-order valence-electron chi connectivity index (χ0n) is 13.2. The molecule has 5 nitrogen and oxygen atoms in total. The first kappa shape index (κ1) is 19.0. The Bertz CT molecular complexity index is 690. The lowest BCUT2D eigenvalue weighted by atomic mass is 9.79. The third-order valence-electron chi connectivity index (χ3n) is 4.09. The van der Waals surface area contributed by atoms with Crippen molar-refractivity contribution in [1.29, 1.82) is 0 Å². The molecule has 0 saturated heterocycles. The van der Waals surface area contributed by atoms with Gasteiger partial charge in [-0.05, 0) is 42.5 Å². The van der Waals surface area contributed by atoms with Gasteiger partial charge in [0, 0.05) is 6.54 Å². The van der Waals surface area contributed by atoms with Crippen LogP contribution < -0.4 is 9.46 Å². The molecule has 0 saturated carbocycles. The third-order valence-corrected chi connectivity index (χ3v) is 5.41. The van der Waals surface area contributed by atoms with Crippen molar-refractivity contribution in [3.05, 3.63) is 29.3 Å². The van der Waals surface area contributed by atoms with Crippen LogP contribution in [-0.2, 0) is 22.0 Å². The molecule has 9 heteroatoms. The van der Waals surface area contributed by atoms with Crippen LogP contribution in [0.5, 0.6) is 5.75 Å². The Labute approximate surface area is 138 Å². The number of sulfonamides is 1. The summed E-state index contributed by atoms with van der Waals surface area (Å²) in [6.45, 7) is -0.355. The summed E-state index contributed by atoms with van der Waals surface area (Å²) in [7, 11) is -2.60. The van der Waals surface area contributed by atoms with E-state index < -0.39 is 34.0 Å². The fourth-order valence-electron chi connectivity index (χ4n) is 2.80. The number of hydrogen-bond acceptors (Lipinski definition) is 4. The predicted molar refractivity (Wildman–Crippen MR) is 82.3 cm³/mol. The fourth-order valence-corrected chi connectivity index (χ4v) is 3.90. The summed E-state index contributed by atoms with van der Waals surface area (Å²) in [6.07, 6.45) is -4.28. The van der Waals surface area contributed by atoms with E-state index in [9.17, 15) is 26.7 Å². The molecule has 0 spiro atoms. The third kappa shape index (κ3) is 4.84. The minimum Gasteiger partial charge on any atom is -0.497 e. The molecule has 1 aromatic carbocycles. The molecule has 136 valence electrons. The van der Waals surface area contributed by atoms with E-state index in [1.54, 1.807) is 18.2 Å². The van der Waals surface area contributed by atoms with Crippen molar-refractivity contribution < 1.29 is 31.4 Å². The smallest absolute Gasteiger partial charge is 0.390 e. The normalized spacial score (nSPS) is 21.4. The predicted octanol–water partition coefficient (Wildman–Crippen LogP) is 2.09. The van der Waals surface area contributed by atoms with Crippen LogP contribution in [-0.4, -0.2) is 39.1 Å². The van der Waals surface area contributed by atoms with Crippen LogP contribution in [0.3, 0.4) is 0 Å². The molecular weight excluding hydrogens is 347 g/mol. The van der Waals surface area contributed by atoms with E-state index in [0.717, 1.165) is 12.0 Å². The van der Waals surface area contributed by atoms with Crippen molar-refractivity contribution in [1.82, 2.24) is 4.72 Å². The van der Waals surface area contributed by atoms with Gasteiger partial charge < -0.3 is 9.84 Å². The van der Waals surface area contributed by atoms with Crippen LogP contribution in [0, 0.1) is 0 Å². The Hall–Kier alpha value is -1.32. The molecule has 0 heterocycles. The van der Waals surface area contributed by atoms with Crippen molar-refractivity contribution in [2.45, 2.75) is 37.5 Å². The molecule has 24 heavy (non-hydrogen) atoms. The highest BCUT2D eigenvalue weighted by Gasteiger charge is 2.36. The first-order valence-corrected chi connectivity index (χ1v) is 9.14. The van der Waals surface area contributed by atoms with Crippen molar-refractivity contribution in [3.63, 3.8) is 0 Å². The van der Waals surface area contributed by atoms with Gasteiger partial charge in [0.15, 0.2) is 0 Å². The highest BCUT2D eigenvalue weighted by Crippen LogP contribution is 2.36. The molecule has 0 unspecified atom stereocenters. The summed E-state index contributed by atoms with van der Waals surface area (Å²) in [5.41, 5.74) is -0.0174. The SMILES string of the molecule is COc1ccc2c(c1)CCC[C@@]2(O)CNS(=O)(=O)CCC(F)(F)F. The van der Waals surface area contributed by atoms with Crippen LogP contribution in [0.25, 0.3) is 0 Å². The number of alkyl halides is 3. The van der Waals surface area contributed by atoms with Gasteiger partial charge in [-0.3, -0.25) is 0 Å². The number of methoxy groups -OCH3 is 1. The van der Waals surface area contributed by atoms with E-state index in [2.05, 4.69) is 4.72 Å². The maximum absolute atomic E-state index is 12.2. The highest BCUT2D eigenvalue weighted by atomic mass is 32.2. The van der Waals surface area contributed by atoms with Crippen molar-refractivity contribution in [3.8, 4) is 5.75 Å². The number of aliphatic hydroxyl groups is 1. The number of halogens is 3. The molecule has 1 aliphatic rings. The zero-order chi connectivity index (χ0) is 18.0. The first-order valence-electron chi connectivity index (χ1n) is 7.48. The molecule has 0 fully saturated rings. The zero-order valence-corrected chi connectivity index (χ0v) is 14.0. The summed E-state index contributed by atoms with van der Waals surface area (Å²) in [5.74, 6) is -0.425. The van der Waals surface area contributed by atoms with Gasteiger partial charge >= 0.3 is 6.18 Å². The molecule has 0 aromatic heterocycles. The average Bonchev–Trinajstić information content (AvgIpc) is 2.51. The number of benzene rings is 1. The minimum atomic E-state index is -4.54. The van der Waals surface area contributed by atoms with Crippen molar-refractivity contribution in [2.75, 3.05) is 19.4 Å². The second-order valence-electron chi connectivity index (χ2n) is 5.91. The molecule has 1 atom stereocenters. The summed E-state index contributed by atoms with van der Waals surface area (Å²) in [5, 5.41) is 10.8. The van der Waals surface area contributed by atoms with Crippen LogP contribution in [0.1, 0.15) is 30.4 Å². The van der Waals surface area contributed by atoms with Gasteiger partial charge in [0.1, 0.15) is 11.4 Å². The van der Waals surface area contributed by atoms with Crippen molar-refractivity contribution in [2.24, 2.45) is 0 Å². The van der Waals surface area contributed by atoms with Gasteiger partial charge in [-0.2, -0.15) is 13.2 Å². The Kier molecular flexibility index (Phi) is 5.46. The quantitative estimate of drug-likeness (QED) is 0.807. The number of rotatable bonds is 6. The summed E-state index contributed by atoms with van der Waals surface area (Å²) < 4.78 is 67.2. The highest BCUT2D eigenvalue weighted by molar-refractivity contribution is 7.89. The summed E-state index contributed by atoms with van der Waals surface area (Å²) in [4.78, 5) is 0. The molecular formula is C15H20F3NO4S. The maximum Gasteiger partial charge on any atom is 0.390 e. The Morgan fingerprint density at radius 3 is 2.71 bits per heavy atom. The van der Waals surface area contributed by atoms with Crippen molar-refractivity contribution >= 4 is 10.0 Å². The lowest BCUT2D eigenvalue weighted by Gasteiger charge is -2.34. The standard InChI is InChI=1S/C15H20F3NO4S/c1-23-12-4-5-13-11(9-12)3-2-6-14(13,20)10-19-24(21,22)8-7-15(16,17)18/h4-5,9,19-20H,2-3,6-8,10H2,1H3/t14-/m1/s1. The molecule has 0 amide bonds. The second kappa shape index (κ2) is 6.89. The first-order chi connectivity index (χ1) is 11.0. The monoisotopic (exact) mass is 367 g/mol. The number of hydrogen-bond donors (Lipinski definition) is 2. The molecule has 1 aliphatic carbocycles. The van der Waals surface area contributed by atoms with Crippen LogP contribution in [0.2, 0.25) is 0 Å². The van der Waals surface area contributed by atoms with E-state index in [0.29, 0.717) is 24.2 Å². The molecule has 2 rings (SSSR count). The van der Waals surface area contributed by atoms with E-state index in [-0.39, 0.29) is 6.54 Å². The number of aryl methyl sites for hydroxylation is 1. The Morgan fingerprint density at radius 1 is 1.38 bits per heavy atom. The van der Waals surface area contributed by atoms with E-state index in [1.807, 2.05) is 0 Å². The Morgan fingerprint density at radius 2 is 2.08 bits per heavy atom. The van der Waals surface area contributed by atoms with Crippen LogP contribution in [0.15, 0.2) is 18.2 Å². The lowest BCUT2D eigenvalue weighted by Crippen LogP contribution is -2.43. The largest absolute Gasteiger partial charge is 0.497 e. The van der Waals surface area contributed by atoms with E-state index in [4.69, 9.17) is 4.74 Å². The summed E-state index contributed by atoms with van der Waals surface area (Å²) >= 11 is 0. The molecule has 0 aliphatic heterocycles. The maximum atomic E-state index is 12.2. The van der Waals surface area contributed by atoms with Gasteiger partial charge in [0.25, 0.3) is 0 Å². The molecule has 2 N–H and O–H groups in total. The van der Waals surface area contributed by atoms with Crippen LogP contribution in [0.4, 0.5) is 13.2 Å². The molecule has 0 radical (unpaired) electrons. The van der Waals surface area contributed by atoms with Gasteiger partial charge in [-0.15, -0.1) is 0 Å².